The third-order valence-corrected chi connectivity index (χ3v) is 4.00. The van der Waals surface area contributed by atoms with Crippen LogP contribution in [-0.4, -0.2) is 34.9 Å². The van der Waals surface area contributed by atoms with Crippen LogP contribution in [0.1, 0.15) is 36.7 Å². The molecule has 7 heteroatoms. The van der Waals surface area contributed by atoms with E-state index in [-0.39, 0.29) is 6.61 Å². The molecule has 0 radical (unpaired) electrons. The zero-order valence-electron chi connectivity index (χ0n) is 16.3. The van der Waals surface area contributed by atoms with Crippen LogP contribution in [0, 0.1) is 0 Å². The van der Waals surface area contributed by atoms with E-state index in [2.05, 4.69) is 5.10 Å². The second kappa shape index (κ2) is 7.72. The lowest BCUT2D eigenvalue weighted by Crippen LogP contribution is -2.27. The molecule has 0 saturated carbocycles. The number of aromatic nitrogens is 2. The van der Waals surface area contributed by atoms with Crippen LogP contribution in [0.5, 0.6) is 11.5 Å². The average molecular weight is 382 g/mol. The van der Waals surface area contributed by atoms with Crippen LogP contribution in [-0.2, 0) is 11.3 Å². The van der Waals surface area contributed by atoms with Crippen LogP contribution in [0.3, 0.4) is 0 Å². The van der Waals surface area contributed by atoms with Gasteiger partial charge in [-0.15, -0.1) is 0 Å². The highest BCUT2D eigenvalue weighted by atomic mass is 16.6. The molecule has 7 nitrogen and oxygen atoms in total. The van der Waals surface area contributed by atoms with Gasteiger partial charge in [-0.2, -0.15) is 9.78 Å². The van der Waals surface area contributed by atoms with E-state index in [1.165, 1.54) is 11.8 Å². The fourth-order valence-electron chi connectivity index (χ4n) is 2.72. The molecule has 1 heterocycles. The monoisotopic (exact) mass is 382 g/mol. The lowest BCUT2D eigenvalue weighted by atomic mass is 10.1. The van der Waals surface area contributed by atoms with E-state index in [0.29, 0.717) is 22.6 Å². The summed E-state index contributed by atoms with van der Waals surface area (Å²) in [6.45, 7) is 5.62. The Morgan fingerprint density at radius 3 is 2.68 bits per heavy atom. The van der Waals surface area contributed by atoms with Gasteiger partial charge < -0.3 is 14.2 Å². The molecule has 0 aliphatic rings. The van der Waals surface area contributed by atoms with Gasteiger partial charge in [0.1, 0.15) is 23.7 Å². The number of ether oxygens (including phenoxy) is 3. The Bertz CT molecular complexity index is 1020. The van der Waals surface area contributed by atoms with E-state index in [1.807, 2.05) is 12.1 Å². The molecular weight excluding hydrogens is 360 g/mol. The number of carbonyl (C=O) groups excluding carboxylic acids is 2. The van der Waals surface area contributed by atoms with Crippen LogP contribution in [0.15, 0.2) is 42.6 Å². The number of nitrogens with zero attached hydrogens (tertiary/aromatic N) is 2. The van der Waals surface area contributed by atoms with Crippen molar-refractivity contribution in [1.82, 2.24) is 9.78 Å². The molecule has 0 aliphatic heterocycles. The van der Waals surface area contributed by atoms with Gasteiger partial charge in [0.05, 0.1) is 24.4 Å². The fraction of sp³-hybridized carbons (Fsp3) is 0.286. The first-order chi connectivity index (χ1) is 13.3. The summed E-state index contributed by atoms with van der Waals surface area (Å²) < 4.78 is 17.6. The van der Waals surface area contributed by atoms with Crippen LogP contribution in [0.2, 0.25) is 0 Å². The van der Waals surface area contributed by atoms with E-state index < -0.39 is 11.7 Å². The summed E-state index contributed by atoms with van der Waals surface area (Å²) in [4.78, 5) is 23.7. The average Bonchev–Trinajstić information content (AvgIpc) is 3.09. The zero-order valence-corrected chi connectivity index (χ0v) is 16.3. The van der Waals surface area contributed by atoms with Gasteiger partial charge in [-0.3, -0.25) is 4.79 Å². The first-order valence-corrected chi connectivity index (χ1v) is 8.77. The highest BCUT2D eigenvalue weighted by Gasteiger charge is 2.20. The number of rotatable bonds is 5. The summed E-state index contributed by atoms with van der Waals surface area (Å²) in [7, 11) is 1.54. The Balaban J connectivity index is 1.85. The first kappa shape index (κ1) is 19.4. The van der Waals surface area contributed by atoms with Gasteiger partial charge in [0.25, 0.3) is 0 Å². The molecule has 0 unspecified atom stereocenters. The summed E-state index contributed by atoms with van der Waals surface area (Å²) in [5.41, 5.74) is 1.24. The Hall–Kier alpha value is -3.35. The van der Waals surface area contributed by atoms with Gasteiger partial charge in [0.15, 0.2) is 6.29 Å². The van der Waals surface area contributed by atoms with E-state index in [0.717, 1.165) is 17.2 Å². The summed E-state index contributed by atoms with van der Waals surface area (Å²) >= 11 is 0. The molecule has 0 amide bonds. The summed E-state index contributed by atoms with van der Waals surface area (Å²) in [6.07, 6.45) is 1.78. The minimum absolute atomic E-state index is 0.213. The quantitative estimate of drug-likeness (QED) is 0.615. The van der Waals surface area contributed by atoms with Gasteiger partial charge in [0, 0.05) is 10.9 Å². The molecule has 0 saturated heterocycles. The molecule has 3 rings (SSSR count). The van der Waals surface area contributed by atoms with Crippen molar-refractivity contribution in [2.24, 2.45) is 0 Å². The Kier molecular flexibility index (Phi) is 5.35. The smallest absolute Gasteiger partial charge is 0.435 e. The number of aldehydes is 1. The van der Waals surface area contributed by atoms with E-state index in [9.17, 15) is 9.59 Å². The molecule has 0 N–H and O–H groups in total. The van der Waals surface area contributed by atoms with Crippen LogP contribution in [0.25, 0.3) is 10.9 Å². The maximum atomic E-state index is 12.4. The molecule has 1 aromatic heterocycles. The van der Waals surface area contributed by atoms with Crippen LogP contribution < -0.4 is 9.47 Å². The van der Waals surface area contributed by atoms with Gasteiger partial charge in [-0.25, -0.2) is 4.79 Å². The maximum absolute atomic E-state index is 12.4. The summed E-state index contributed by atoms with van der Waals surface area (Å²) in [5, 5.41) is 4.94. The second-order valence-corrected chi connectivity index (χ2v) is 7.20. The number of benzene rings is 2. The van der Waals surface area contributed by atoms with Gasteiger partial charge in [-0.05, 0) is 45.0 Å². The van der Waals surface area contributed by atoms with E-state index in [1.54, 1.807) is 51.2 Å². The van der Waals surface area contributed by atoms with E-state index >= 15 is 0 Å². The number of fused-ring (bicyclic) bond motifs is 1. The normalized spacial score (nSPS) is 11.3. The van der Waals surface area contributed by atoms with Gasteiger partial charge in [0.2, 0.25) is 0 Å². The number of hydrogen-bond acceptors (Lipinski definition) is 6. The fourth-order valence-corrected chi connectivity index (χ4v) is 2.72. The minimum Gasteiger partial charge on any atom is -0.497 e. The summed E-state index contributed by atoms with van der Waals surface area (Å²) in [5.74, 6) is 1.03. The Morgan fingerprint density at radius 1 is 1.21 bits per heavy atom. The standard InChI is InChI=1S/C21H22N2O5/c1-21(2,3)28-20(25)23-18-7-5-6-14(17(18)11-22-23)13-27-19-9-8-16(26-4)10-15(19)12-24/h5-12H,13H2,1-4H3. The van der Waals surface area contributed by atoms with Crippen molar-refractivity contribution >= 4 is 23.3 Å². The predicted octanol–water partition coefficient (Wildman–Crippen LogP) is 4.22. The third-order valence-electron chi connectivity index (χ3n) is 4.00. The SMILES string of the molecule is COc1ccc(OCc2cccc3c2cnn3C(=O)OC(C)(C)C)c(C=O)c1. The van der Waals surface area contributed by atoms with Crippen molar-refractivity contribution < 1.29 is 23.8 Å². The topological polar surface area (TPSA) is 79.7 Å². The van der Waals surface area contributed by atoms with Crippen molar-refractivity contribution in [3.8, 4) is 11.5 Å². The molecule has 0 aliphatic carbocycles. The van der Waals surface area contributed by atoms with E-state index in [4.69, 9.17) is 14.2 Å². The number of carbonyl (C=O) groups is 2. The highest BCUT2D eigenvalue weighted by Crippen LogP contribution is 2.25. The Morgan fingerprint density at radius 2 is 2.00 bits per heavy atom. The van der Waals surface area contributed by atoms with Crippen LogP contribution >= 0.6 is 0 Å². The lowest BCUT2D eigenvalue weighted by Gasteiger charge is -2.19. The highest BCUT2D eigenvalue weighted by molar-refractivity contribution is 5.89. The lowest BCUT2D eigenvalue weighted by molar-refractivity contribution is 0.0522. The van der Waals surface area contributed by atoms with Crippen molar-refractivity contribution in [3.63, 3.8) is 0 Å². The molecular formula is C21H22N2O5. The number of methoxy groups -OCH3 is 1. The largest absolute Gasteiger partial charge is 0.497 e. The van der Waals surface area contributed by atoms with Crippen molar-refractivity contribution in [1.29, 1.82) is 0 Å². The van der Waals surface area contributed by atoms with Crippen molar-refractivity contribution in [3.05, 3.63) is 53.7 Å². The number of hydrogen-bond donors (Lipinski definition) is 0. The minimum atomic E-state index is -0.615. The maximum Gasteiger partial charge on any atom is 0.435 e. The molecule has 3 aromatic rings. The molecule has 2 aromatic carbocycles. The van der Waals surface area contributed by atoms with Crippen molar-refractivity contribution in [2.75, 3.05) is 7.11 Å². The summed E-state index contributed by atoms with van der Waals surface area (Å²) in [6, 6.07) is 10.5. The van der Waals surface area contributed by atoms with Crippen LogP contribution in [0.4, 0.5) is 4.79 Å². The Labute approximate surface area is 162 Å². The zero-order chi connectivity index (χ0) is 20.3. The molecule has 0 atom stereocenters. The molecule has 0 fully saturated rings. The predicted molar refractivity (Wildman–Crippen MR) is 104 cm³/mol. The second-order valence-electron chi connectivity index (χ2n) is 7.20. The molecule has 28 heavy (non-hydrogen) atoms. The third kappa shape index (κ3) is 4.14. The molecule has 0 spiro atoms. The molecule has 146 valence electrons. The molecule has 0 bridgehead atoms. The van der Waals surface area contributed by atoms with Gasteiger partial charge in [-0.1, -0.05) is 12.1 Å². The van der Waals surface area contributed by atoms with Gasteiger partial charge >= 0.3 is 6.09 Å². The van der Waals surface area contributed by atoms with Crippen molar-refractivity contribution in [2.45, 2.75) is 33.0 Å². The first-order valence-electron chi connectivity index (χ1n) is 8.77.